The standard InChI is InChI=1S/C13H22NO3P/c1-5-16-18(15,17-6-2)13-9-7-8-12(10-13)14-11(3)4/h7-11,14H,5-6H2,1-4H3. The van der Waals surface area contributed by atoms with Crippen LogP contribution in [0.4, 0.5) is 5.69 Å². The topological polar surface area (TPSA) is 47.6 Å². The molecule has 0 spiro atoms. The number of hydrogen-bond donors (Lipinski definition) is 1. The van der Waals surface area contributed by atoms with Gasteiger partial charge in [-0.05, 0) is 45.9 Å². The first-order chi connectivity index (χ1) is 8.51. The zero-order valence-electron chi connectivity index (χ0n) is 11.5. The Kier molecular flexibility index (Phi) is 5.86. The minimum absolute atomic E-state index is 0.318. The lowest BCUT2D eigenvalue weighted by molar-refractivity contribution is 0.230. The van der Waals surface area contributed by atoms with Crippen LogP contribution in [0.2, 0.25) is 0 Å². The number of anilines is 1. The second-order valence-electron chi connectivity index (χ2n) is 4.18. The molecule has 0 fully saturated rings. The zero-order valence-corrected chi connectivity index (χ0v) is 12.4. The van der Waals surface area contributed by atoms with Crippen LogP contribution in [0.15, 0.2) is 24.3 Å². The fourth-order valence-electron chi connectivity index (χ4n) is 1.63. The lowest BCUT2D eigenvalue weighted by Crippen LogP contribution is -2.14. The van der Waals surface area contributed by atoms with E-state index in [1.807, 2.05) is 32.0 Å². The SMILES string of the molecule is CCOP(=O)(OCC)c1cccc(NC(C)C)c1. The second kappa shape index (κ2) is 6.93. The lowest BCUT2D eigenvalue weighted by atomic mass is 10.3. The predicted molar refractivity (Wildman–Crippen MR) is 75.7 cm³/mol. The van der Waals surface area contributed by atoms with Gasteiger partial charge in [-0.2, -0.15) is 0 Å². The molecule has 0 aliphatic carbocycles. The number of benzene rings is 1. The molecule has 102 valence electrons. The fraction of sp³-hybridized carbons (Fsp3) is 0.538. The molecular formula is C13H22NO3P. The second-order valence-corrected chi connectivity index (χ2v) is 6.21. The maximum absolute atomic E-state index is 12.6. The summed E-state index contributed by atoms with van der Waals surface area (Å²) in [5.74, 6) is 0. The van der Waals surface area contributed by atoms with E-state index in [1.54, 1.807) is 6.07 Å². The third-order valence-corrected chi connectivity index (χ3v) is 4.32. The molecule has 0 aromatic heterocycles. The van der Waals surface area contributed by atoms with Gasteiger partial charge >= 0.3 is 7.60 Å². The van der Waals surface area contributed by atoms with Crippen molar-refractivity contribution < 1.29 is 13.6 Å². The minimum atomic E-state index is -3.18. The largest absolute Gasteiger partial charge is 0.383 e. The molecule has 0 saturated heterocycles. The van der Waals surface area contributed by atoms with E-state index in [4.69, 9.17) is 9.05 Å². The van der Waals surface area contributed by atoms with E-state index in [2.05, 4.69) is 19.2 Å². The molecule has 18 heavy (non-hydrogen) atoms. The van der Waals surface area contributed by atoms with Crippen LogP contribution in [0.25, 0.3) is 0 Å². The first-order valence-electron chi connectivity index (χ1n) is 6.28. The summed E-state index contributed by atoms with van der Waals surface area (Å²) >= 11 is 0. The van der Waals surface area contributed by atoms with Gasteiger partial charge in [-0.15, -0.1) is 0 Å². The molecule has 0 saturated carbocycles. The van der Waals surface area contributed by atoms with Crippen molar-refractivity contribution in [3.63, 3.8) is 0 Å². The van der Waals surface area contributed by atoms with E-state index < -0.39 is 7.60 Å². The third kappa shape index (κ3) is 4.13. The van der Waals surface area contributed by atoms with E-state index in [-0.39, 0.29) is 0 Å². The van der Waals surface area contributed by atoms with Gasteiger partial charge in [0.05, 0.1) is 18.5 Å². The van der Waals surface area contributed by atoms with E-state index in [0.29, 0.717) is 24.6 Å². The van der Waals surface area contributed by atoms with Crippen LogP contribution >= 0.6 is 7.60 Å². The summed E-state index contributed by atoms with van der Waals surface area (Å²) in [6.45, 7) is 8.44. The van der Waals surface area contributed by atoms with Crippen LogP contribution < -0.4 is 10.6 Å². The van der Waals surface area contributed by atoms with E-state index in [1.165, 1.54) is 0 Å². The van der Waals surface area contributed by atoms with Crippen LogP contribution in [0.3, 0.4) is 0 Å². The van der Waals surface area contributed by atoms with Crippen LogP contribution in [0, 0.1) is 0 Å². The molecular weight excluding hydrogens is 249 g/mol. The molecule has 0 aliphatic rings. The van der Waals surface area contributed by atoms with Crippen molar-refractivity contribution in [1.29, 1.82) is 0 Å². The quantitative estimate of drug-likeness (QED) is 0.772. The summed E-state index contributed by atoms with van der Waals surface area (Å²) in [5.41, 5.74) is 0.919. The Morgan fingerprint density at radius 3 is 2.33 bits per heavy atom. The molecule has 5 heteroatoms. The van der Waals surface area contributed by atoms with Gasteiger partial charge in [0, 0.05) is 11.7 Å². The van der Waals surface area contributed by atoms with Crippen molar-refractivity contribution >= 4 is 18.6 Å². The molecule has 0 aliphatic heterocycles. The molecule has 0 atom stereocenters. The molecule has 0 heterocycles. The van der Waals surface area contributed by atoms with Gasteiger partial charge in [-0.25, -0.2) is 0 Å². The number of rotatable bonds is 7. The van der Waals surface area contributed by atoms with Crippen molar-refractivity contribution in [3.8, 4) is 0 Å². The molecule has 1 aromatic rings. The molecule has 4 nitrogen and oxygen atoms in total. The molecule has 1 N–H and O–H groups in total. The molecule has 1 aromatic carbocycles. The highest BCUT2D eigenvalue weighted by molar-refractivity contribution is 7.62. The van der Waals surface area contributed by atoms with Crippen molar-refractivity contribution in [2.75, 3.05) is 18.5 Å². The first kappa shape index (κ1) is 15.2. The Morgan fingerprint density at radius 1 is 1.22 bits per heavy atom. The fourth-order valence-corrected chi connectivity index (χ4v) is 3.24. The molecule has 0 unspecified atom stereocenters. The van der Waals surface area contributed by atoms with Crippen LogP contribution in [0.5, 0.6) is 0 Å². The van der Waals surface area contributed by atoms with Gasteiger partial charge < -0.3 is 14.4 Å². The zero-order chi connectivity index (χ0) is 13.6. The Labute approximate surface area is 109 Å². The maximum atomic E-state index is 12.6. The molecule has 0 amide bonds. The number of nitrogens with one attached hydrogen (secondary N) is 1. The molecule has 0 radical (unpaired) electrons. The van der Waals surface area contributed by atoms with Crippen molar-refractivity contribution in [1.82, 2.24) is 0 Å². The van der Waals surface area contributed by atoms with Gasteiger partial charge in [-0.3, -0.25) is 4.57 Å². The highest BCUT2D eigenvalue weighted by atomic mass is 31.2. The smallest absolute Gasteiger partial charge is 0.361 e. The highest BCUT2D eigenvalue weighted by Crippen LogP contribution is 2.47. The summed E-state index contributed by atoms with van der Waals surface area (Å²) in [6.07, 6.45) is 0. The van der Waals surface area contributed by atoms with E-state index in [0.717, 1.165) is 5.69 Å². The molecule has 1 rings (SSSR count). The van der Waals surface area contributed by atoms with Gasteiger partial charge in [0.25, 0.3) is 0 Å². The summed E-state index contributed by atoms with van der Waals surface area (Å²) in [4.78, 5) is 0. The van der Waals surface area contributed by atoms with E-state index in [9.17, 15) is 4.57 Å². The maximum Gasteiger partial charge on any atom is 0.361 e. The van der Waals surface area contributed by atoms with Crippen LogP contribution in [-0.4, -0.2) is 19.3 Å². The Balaban J connectivity index is 3.01. The monoisotopic (exact) mass is 271 g/mol. The van der Waals surface area contributed by atoms with Gasteiger partial charge in [0.2, 0.25) is 0 Å². The Hall–Kier alpha value is -0.830. The van der Waals surface area contributed by atoms with Crippen LogP contribution in [0.1, 0.15) is 27.7 Å². The lowest BCUT2D eigenvalue weighted by Gasteiger charge is -2.18. The van der Waals surface area contributed by atoms with E-state index >= 15 is 0 Å². The predicted octanol–water partition coefficient (Wildman–Crippen LogP) is 3.40. The first-order valence-corrected chi connectivity index (χ1v) is 7.82. The van der Waals surface area contributed by atoms with Gasteiger partial charge in [0.15, 0.2) is 0 Å². The minimum Gasteiger partial charge on any atom is -0.383 e. The summed E-state index contributed by atoms with van der Waals surface area (Å²) in [7, 11) is -3.18. The van der Waals surface area contributed by atoms with Crippen LogP contribution in [-0.2, 0) is 13.6 Å². The summed E-state index contributed by atoms with van der Waals surface area (Å²) in [6, 6.07) is 7.71. The van der Waals surface area contributed by atoms with Crippen molar-refractivity contribution in [3.05, 3.63) is 24.3 Å². The summed E-state index contributed by atoms with van der Waals surface area (Å²) in [5, 5.41) is 3.86. The van der Waals surface area contributed by atoms with Crippen molar-refractivity contribution in [2.45, 2.75) is 33.7 Å². The number of hydrogen-bond acceptors (Lipinski definition) is 4. The normalized spacial score (nSPS) is 11.8. The summed E-state index contributed by atoms with van der Waals surface area (Å²) < 4.78 is 23.2. The molecule has 0 bridgehead atoms. The average molecular weight is 271 g/mol. The highest BCUT2D eigenvalue weighted by Gasteiger charge is 2.26. The average Bonchev–Trinajstić information content (AvgIpc) is 2.29. The third-order valence-electron chi connectivity index (χ3n) is 2.22. The van der Waals surface area contributed by atoms with Crippen molar-refractivity contribution in [2.24, 2.45) is 0 Å². The Morgan fingerprint density at radius 2 is 1.83 bits per heavy atom. The van der Waals surface area contributed by atoms with Gasteiger partial charge in [-0.1, -0.05) is 6.07 Å². The Bertz CT molecular complexity index is 410. The van der Waals surface area contributed by atoms with Gasteiger partial charge in [0.1, 0.15) is 0 Å².